The Labute approximate surface area is 157 Å². The van der Waals surface area contributed by atoms with Crippen molar-refractivity contribution < 1.29 is 14.9 Å². The van der Waals surface area contributed by atoms with Gasteiger partial charge in [-0.3, -0.25) is 14.8 Å². The molecule has 1 aliphatic rings. The summed E-state index contributed by atoms with van der Waals surface area (Å²) in [6.45, 7) is 1.71. The Bertz CT molecular complexity index is 1180. The van der Waals surface area contributed by atoms with Crippen LogP contribution in [0.3, 0.4) is 0 Å². The Hall–Kier alpha value is -3.10. The van der Waals surface area contributed by atoms with Gasteiger partial charge in [-0.25, -0.2) is 9.36 Å². The maximum absolute atomic E-state index is 12.5. The highest BCUT2D eigenvalue weighted by Gasteiger charge is 2.35. The fraction of sp³-hybridized carbons (Fsp3) is 0.167. The maximum atomic E-state index is 12.5. The average Bonchev–Trinajstić information content (AvgIpc) is 3.04. The van der Waals surface area contributed by atoms with Crippen molar-refractivity contribution >= 4 is 11.6 Å². The summed E-state index contributed by atoms with van der Waals surface area (Å²) in [5.74, 6) is -0.729. The number of fused-ring (bicyclic) bond motifs is 1. The van der Waals surface area contributed by atoms with Crippen molar-refractivity contribution in [3.8, 4) is 17.3 Å². The molecule has 2 aromatic heterocycles. The number of nitrogens with zero attached hydrogens (tertiary/aromatic N) is 2. The topological polar surface area (TPSA) is 117 Å². The molecular formula is C18H14ClN3O5. The first kappa shape index (κ1) is 17.3. The first-order valence-electron chi connectivity index (χ1n) is 8.02. The minimum Gasteiger partial charge on any atom is -0.506 e. The van der Waals surface area contributed by atoms with Gasteiger partial charge in [-0.1, -0.05) is 23.7 Å². The fourth-order valence-electron chi connectivity index (χ4n) is 3.18. The lowest BCUT2D eigenvalue weighted by atomic mass is 10.00. The Balaban J connectivity index is 1.99. The van der Waals surface area contributed by atoms with E-state index in [0.717, 1.165) is 4.57 Å². The molecule has 27 heavy (non-hydrogen) atoms. The Morgan fingerprint density at radius 2 is 2.00 bits per heavy atom. The highest BCUT2D eigenvalue weighted by Crippen LogP contribution is 2.43. The zero-order valence-electron chi connectivity index (χ0n) is 14.1. The molecular weight excluding hydrogens is 374 g/mol. The molecule has 138 valence electrons. The van der Waals surface area contributed by atoms with Crippen LogP contribution in [-0.4, -0.2) is 24.7 Å². The molecule has 0 radical (unpaired) electrons. The smallest absolute Gasteiger partial charge is 0.335 e. The van der Waals surface area contributed by atoms with Gasteiger partial charge in [0.05, 0.1) is 23.0 Å². The van der Waals surface area contributed by atoms with Crippen LogP contribution in [0.5, 0.6) is 11.6 Å². The van der Waals surface area contributed by atoms with Gasteiger partial charge in [-0.05, 0) is 19.1 Å². The molecule has 1 atom stereocenters. The number of halogens is 1. The molecule has 0 fully saturated rings. The largest absolute Gasteiger partial charge is 0.506 e. The number of pyridine rings is 1. The predicted octanol–water partition coefficient (Wildman–Crippen LogP) is 1.91. The highest BCUT2D eigenvalue weighted by atomic mass is 35.5. The van der Waals surface area contributed by atoms with Crippen LogP contribution in [0.1, 0.15) is 28.5 Å². The predicted molar refractivity (Wildman–Crippen MR) is 96.6 cm³/mol. The molecule has 9 heteroatoms. The summed E-state index contributed by atoms with van der Waals surface area (Å²) in [5, 5.41) is 21.4. The van der Waals surface area contributed by atoms with E-state index in [0.29, 0.717) is 16.8 Å². The Morgan fingerprint density at radius 3 is 2.74 bits per heavy atom. The van der Waals surface area contributed by atoms with E-state index >= 15 is 0 Å². The third kappa shape index (κ3) is 2.61. The summed E-state index contributed by atoms with van der Waals surface area (Å²) in [6, 6.07) is 6.39. The monoisotopic (exact) mass is 387 g/mol. The molecule has 8 nitrogen and oxygen atoms in total. The molecule has 0 bridgehead atoms. The van der Waals surface area contributed by atoms with Crippen molar-refractivity contribution in [2.24, 2.45) is 0 Å². The number of hydrogen-bond donors (Lipinski definition) is 3. The standard InChI is InChI=1S/C18H14ClN3O5/c1-8-14(23)12-9(6-20-8)7-27-15(12)13-16(24)21-18(26)22(17(13)25)11-5-3-2-4-10(11)19/h2-6,15,23,25H,7H2,1H3,(H,21,24,26)/t15-/m1/s1. The van der Waals surface area contributed by atoms with E-state index in [1.165, 1.54) is 6.07 Å². The first-order chi connectivity index (χ1) is 12.9. The zero-order valence-corrected chi connectivity index (χ0v) is 14.8. The number of H-pyrrole nitrogens is 1. The number of hydrogen-bond acceptors (Lipinski definition) is 6. The van der Waals surface area contributed by atoms with Crippen LogP contribution in [0.4, 0.5) is 0 Å². The van der Waals surface area contributed by atoms with E-state index in [2.05, 4.69) is 9.97 Å². The number of aryl methyl sites for hydroxylation is 1. The third-order valence-electron chi connectivity index (χ3n) is 4.50. The van der Waals surface area contributed by atoms with Crippen LogP contribution >= 0.6 is 11.6 Å². The van der Waals surface area contributed by atoms with Gasteiger partial charge in [0.15, 0.2) is 0 Å². The van der Waals surface area contributed by atoms with E-state index in [-0.39, 0.29) is 28.6 Å². The lowest BCUT2D eigenvalue weighted by Crippen LogP contribution is -2.32. The van der Waals surface area contributed by atoms with Crippen LogP contribution in [0.15, 0.2) is 40.1 Å². The lowest BCUT2D eigenvalue weighted by Gasteiger charge is -2.17. The molecule has 0 aliphatic carbocycles. The Morgan fingerprint density at radius 1 is 1.26 bits per heavy atom. The van der Waals surface area contributed by atoms with Crippen LogP contribution in [0.25, 0.3) is 5.69 Å². The van der Waals surface area contributed by atoms with Gasteiger partial charge in [-0.15, -0.1) is 0 Å². The second-order valence-corrected chi connectivity index (χ2v) is 6.51. The molecule has 3 N–H and O–H groups in total. The number of para-hydroxylation sites is 1. The molecule has 0 saturated carbocycles. The van der Waals surface area contributed by atoms with Crippen molar-refractivity contribution in [2.45, 2.75) is 19.6 Å². The summed E-state index contributed by atoms with van der Waals surface area (Å²) in [4.78, 5) is 31.1. The van der Waals surface area contributed by atoms with Gasteiger partial charge in [0.25, 0.3) is 5.56 Å². The van der Waals surface area contributed by atoms with Crippen molar-refractivity contribution in [3.63, 3.8) is 0 Å². The van der Waals surface area contributed by atoms with Crippen LogP contribution in [-0.2, 0) is 11.3 Å². The SMILES string of the molecule is Cc1ncc2c(c1O)[C@H](c1c(O)n(-c3ccccc3Cl)c(=O)[nH]c1=O)OC2. The van der Waals surface area contributed by atoms with Crippen LogP contribution < -0.4 is 11.2 Å². The van der Waals surface area contributed by atoms with E-state index < -0.39 is 23.2 Å². The van der Waals surface area contributed by atoms with E-state index in [9.17, 15) is 19.8 Å². The molecule has 0 saturated heterocycles. The summed E-state index contributed by atoms with van der Waals surface area (Å²) >= 11 is 6.14. The van der Waals surface area contributed by atoms with Gasteiger partial charge < -0.3 is 14.9 Å². The summed E-state index contributed by atoms with van der Waals surface area (Å²) in [5.41, 5.74) is -0.360. The van der Waals surface area contributed by atoms with Gasteiger partial charge in [0.2, 0.25) is 5.88 Å². The quantitative estimate of drug-likeness (QED) is 0.618. The molecule has 1 aromatic carbocycles. The van der Waals surface area contributed by atoms with Gasteiger partial charge >= 0.3 is 5.69 Å². The lowest BCUT2D eigenvalue weighted by molar-refractivity contribution is 0.0891. The molecule has 1 aliphatic heterocycles. The van der Waals surface area contributed by atoms with E-state index in [1.807, 2.05) is 0 Å². The van der Waals surface area contributed by atoms with Gasteiger partial charge in [0, 0.05) is 17.3 Å². The van der Waals surface area contributed by atoms with Crippen LogP contribution in [0.2, 0.25) is 5.02 Å². The summed E-state index contributed by atoms with van der Waals surface area (Å²) < 4.78 is 6.53. The number of benzene rings is 1. The maximum Gasteiger partial charge on any atom is 0.335 e. The second kappa shape index (κ2) is 6.26. The van der Waals surface area contributed by atoms with Crippen LogP contribution in [0, 0.1) is 6.92 Å². The van der Waals surface area contributed by atoms with Crippen molar-refractivity contribution in [3.05, 3.63) is 78.7 Å². The number of aromatic hydroxyl groups is 2. The first-order valence-corrected chi connectivity index (χ1v) is 8.40. The minimum absolute atomic E-state index is 0.102. The van der Waals surface area contributed by atoms with E-state index in [4.69, 9.17) is 16.3 Å². The molecule has 3 aromatic rings. The van der Waals surface area contributed by atoms with E-state index in [1.54, 1.807) is 31.3 Å². The fourth-order valence-corrected chi connectivity index (χ4v) is 3.40. The van der Waals surface area contributed by atoms with Crippen molar-refractivity contribution in [1.29, 1.82) is 0 Å². The Kier molecular flexibility index (Phi) is 4.01. The summed E-state index contributed by atoms with van der Waals surface area (Å²) in [7, 11) is 0. The third-order valence-corrected chi connectivity index (χ3v) is 4.82. The normalized spacial score (nSPS) is 15.7. The number of rotatable bonds is 2. The van der Waals surface area contributed by atoms with Gasteiger partial charge in [0.1, 0.15) is 17.4 Å². The average molecular weight is 388 g/mol. The number of ether oxygens (including phenoxy) is 1. The van der Waals surface area contributed by atoms with Crippen molar-refractivity contribution in [1.82, 2.24) is 14.5 Å². The molecule has 3 heterocycles. The van der Waals surface area contributed by atoms with Crippen molar-refractivity contribution in [2.75, 3.05) is 0 Å². The molecule has 4 rings (SSSR count). The minimum atomic E-state index is -1.06. The van der Waals surface area contributed by atoms with Gasteiger partial charge in [-0.2, -0.15) is 0 Å². The summed E-state index contributed by atoms with van der Waals surface area (Å²) in [6.07, 6.45) is 0.486. The highest BCUT2D eigenvalue weighted by molar-refractivity contribution is 6.32. The molecule has 0 spiro atoms. The number of nitrogens with one attached hydrogen (secondary N) is 1. The zero-order chi connectivity index (χ0) is 19.3. The second-order valence-electron chi connectivity index (χ2n) is 6.11. The number of aromatic amines is 1. The number of aromatic nitrogens is 3. The molecule has 0 unspecified atom stereocenters. The molecule has 0 amide bonds.